The van der Waals surface area contributed by atoms with Crippen molar-refractivity contribution < 1.29 is 0 Å². The third-order valence-corrected chi connectivity index (χ3v) is 9.46. The maximum atomic E-state index is 2.41. The average Bonchev–Trinajstić information content (AvgIpc) is 3.45. The van der Waals surface area contributed by atoms with E-state index in [9.17, 15) is 0 Å². The highest BCUT2D eigenvalue weighted by atomic mass is 32.1. The number of benzene rings is 7. The van der Waals surface area contributed by atoms with Gasteiger partial charge >= 0.3 is 0 Å². The van der Waals surface area contributed by atoms with Crippen molar-refractivity contribution in [3.8, 4) is 22.3 Å². The Bertz CT molecular complexity index is 2190. The van der Waals surface area contributed by atoms with E-state index < -0.39 is 0 Å². The standard InChI is InChI=1S/C41H29NS/c1-28-25-32(27-39-40(28)35-19-11-12-20-38(35)43-39)41-36-26-31(29-13-5-2-6-14-29)22-21-30(36)23-24-37(41)42(33-15-7-3-8-16-33)34-17-9-4-10-18-34/h2-27H,1H3. The van der Waals surface area contributed by atoms with Crippen LogP contribution < -0.4 is 4.90 Å². The molecule has 0 atom stereocenters. The molecule has 1 nitrogen and oxygen atoms in total. The van der Waals surface area contributed by atoms with Gasteiger partial charge in [0.15, 0.2) is 0 Å². The van der Waals surface area contributed by atoms with Crippen molar-refractivity contribution >= 4 is 59.3 Å². The van der Waals surface area contributed by atoms with E-state index in [1.165, 1.54) is 58.8 Å². The van der Waals surface area contributed by atoms with Gasteiger partial charge in [-0.05, 0) is 88.5 Å². The Morgan fingerprint density at radius 1 is 0.465 bits per heavy atom. The van der Waals surface area contributed by atoms with E-state index in [2.05, 4.69) is 170 Å². The van der Waals surface area contributed by atoms with E-state index in [0.717, 1.165) is 17.1 Å². The lowest BCUT2D eigenvalue weighted by molar-refractivity contribution is 1.29. The maximum Gasteiger partial charge on any atom is 0.0546 e. The van der Waals surface area contributed by atoms with Crippen LogP contribution in [0.1, 0.15) is 5.56 Å². The van der Waals surface area contributed by atoms with E-state index in [-0.39, 0.29) is 0 Å². The van der Waals surface area contributed by atoms with E-state index in [1.54, 1.807) is 0 Å². The number of aryl methyl sites for hydroxylation is 1. The molecule has 1 heterocycles. The second kappa shape index (κ2) is 10.6. The van der Waals surface area contributed by atoms with Crippen LogP contribution in [0.5, 0.6) is 0 Å². The zero-order valence-electron chi connectivity index (χ0n) is 23.9. The van der Waals surface area contributed by atoms with Gasteiger partial charge in [0.2, 0.25) is 0 Å². The summed E-state index contributed by atoms with van der Waals surface area (Å²) in [5, 5.41) is 5.18. The van der Waals surface area contributed by atoms with Crippen LogP contribution in [-0.4, -0.2) is 0 Å². The molecule has 0 saturated carbocycles. The molecular weight excluding hydrogens is 539 g/mol. The SMILES string of the molecule is Cc1cc(-c2c(N(c3ccccc3)c3ccccc3)ccc3ccc(-c4ccccc4)cc23)cc2sc3ccccc3c12. The Balaban J connectivity index is 1.47. The molecule has 8 rings (SSSR count). The molecule has 0 aliphatic heterocycles. The van der Waals surface area contributed by atoms with Crippen LogP contribution in [0.2, 0.25) is 0 Å². The van der Waals surface area contributed by atoms with E-state index in [0.29, 0.717) is 0 Å². The number of hydrogen-bond acceptors (Lipinski definition) is 2. The molecule has 0 aliphatic carbocycles. The fourth-order valence-electron chi connectivity index (χ4n) is 6.39. The summed E-state index contributed by atoms with van der Waals surface area (Å²) in [6, 6.07) is 57.1. The van der Waals surface area contributed by atoms with Crippen LogP contribution in [0, 0.1) is 6.92 Å². The summed E-state index contributed by atoms with van der Waals surface area (Å²) in [7, 11) is 0. The molecule has 0 spiro atoms. The minimum Gasteiger partial charge on any atom is -0.310 e. The average molecular weight is 568 g/mol. The Morgan fingerprint density at radius 3 is 1.81 bits per heavy atom. The summed E-state index contributed by atoms with van der Waals surface area (Å²) in [5.74, 6) is 0. The highest BCUT2D eigenvalue weighted by Gasteiger charge is 2.21. The normalized spacial score (nSPS) is 11.4. The van der Waals surface area contributed by atoms with Crippen LogP contribution in [0.4, 0.5) is 17.1 Å². The molecule has 1 aromatic heterocycles. The molecule has 0 radical (unpaired) electrons. The lowest BCUT2D eigenvalue weighted by Gasteiger charge is -2.29. The molecule has 0 amide bonds. The third kappa shape index (κ3) is 4.48. The van der Waals surface area contributed by atoms with Crippen LogP contribution in [0.15, 0.2) is 158 Å². The molecule has 0 fully saturated rings. The molecule has 43 heavy (non-hydrogen) atoms. The van der Waals surface area contributed by atoms with Crippen molar-refractivity contribution in [1.82, 2.24) is 0 Å². The van der Waals surface area contributed by atoms with Crippen molar-refractivity contribution in [3.05, 3.63) is 163 Å². The largest absolute Gasteiger partial charge is 0.310 e. The first-order valence-electron chi connectivity index (χ1n) is 14.7. The van der Waals surface area contributed by atoms with Gasteiger partial charge in [0.25, 0.3) is 0 Å². The fourth-order valence-corrected chi connectivity index (χ4v) is 7.62. The molecule has 0 aliphatic rings. The number of thiophene rings is 1. The zero-order valence-corrected chi connectivity index (χ0v) is 24.7. The molecule has 0 N–H and O–H groups in total. The van der Waals surface area contributed by atoms with Gasteiger partial charge in [-0.1, -0.05) is 109 Å². The Kier molecular flexibility index (Phi) is 6.28. The molecule has 0 bridgehead atoms. The predicted molar refractivity (Wildman–Crippen MR) is 187 cm³/mol. The zero-order chi connectivity index (χ0) is 28.8. The highest BCUT2D eigenvalue weighted by molar-refractivity contribution is 7.25. The van der Waals surface area contributed by atoms with Crippen molar-refractivity contribution in [3.63, 3.8) is 0 Å². The van der Waals surface area contributed by atoms with Gasteiger partial charge in [-0.3, -0.25) is 0 Å². The second-order valence-corrected chi connectivity index (χ2v) is 12.1. The molecule has 204 valence electrons. The monoisotopic (exact) mass is 567 g/mol. The highest BCUT2D eigenvalue weighted by Crippen LogP contribution is 2.47. The van der Waals surface area contributed by atoms with Gasteiger partial charge in [0, 0.05) is 37.1 Å². The van der Waals surface area contributed by atoms with Gasteiger partial charge in [0.1, 0.15) is 0 Å². The molecular formula is C41H29NS. The molecule has 7 aromatic carbocycles. The van der Waals surface area contributed by atoms with Crippen molar-refractivity contribution in [1.29, 1.82) is 0 Å². The van der Waals surface area contributed by atoms with Crippen molar-refractivity contribution in [2.45, 2.75) is 6.92 Å². The minimum absolute atomic E-state index is 1.13. The molecule has 2 heteroatoms. The first-order chi connectivity index (χ1) is 21.2. The molecule has 0 saturated heterocycles. The summed E-state index contributed by atoms with van der Waals surface area (Å²) in [5.41, 5.74) is 9.65. The minimum atomic E-state index is 1.13. The first kappa shape index (κ1) is 25.5. The summed E-state index contributed by atoms with van der Waals surface area (Å²) in [6.07, 6.45) is 0. The molecule has 8 aromatic rings. The topological polar surface area (TPSA) is 3.24 Å². The summed E-state index contributed by atoms with van der Waals surface area (Å²) in [6.45, 7) is 2.26. The first-order valence-corrected chi connectivity index (χ1v) is 15.5. The third-order valence-electron chi connectivity index (χ3n) is 8.34. The number of hydrogen-bond donors (Lipinski definition) is 0. The van der Waals surface area contributed by atoms with Crippen molar-refractivity contribution in [2.75, 3.05) is 4.90 Å². The maximum absolute atomic E-state index is 2.41. The number of fused-ring (bicyclic) bond motifs is 4. The van der Waals surface area contributed by atoms with Crippen LogP contribution >= 0.6 is 11.3 Å². The van der Waals surface area contributed by atoms with E-state index in [1.807, 2.05) is 11.3 Å². The number of rotatable bonds is 5. The Morgan fingerprint density at radius 2 is 1.09 bits per heavy atom. The Hall–Kier alpha value is -5.18. The van der Waals surface area contributed by atoms with Gasteiger partial charge in [-0.15, -0.1) is 11.3 Å². The summed E-state index contributed by atoms with van der Waals surface area (Å²) < 4.78 is 2.65. The van der Waals surface area contributed by atoms with E-state index in [4.69, 9.17) is 0 Å². The van der Waals surface area contributed by atoms with Gasteiger partial charge in [-0.25, -0.2) is 0 Å². The lowest BCUT2D eigenvalue weighted by Crippen LogP contribution is -2.11. The number of nitrogens with zero attached hydrogens (tertiary/aromatic N) is 1. The van der Waals surface area contributed by atoms with Crippen LogP contribution in [0.25, 0.3) is 53.2 Å². The smallest absolute Gasteiger partial charge is 0.0546 e. The molecule has 0 unspecified atom stereocenters. The van der Waals surface area contributed by atoms with Gasteiger partial charge in [-0.2, -0.15) is 0 Å². The lowest BCUT2D eigenvalue weighted by atomic mass is 9.91. The van der Waals surface area contributed by atoms with Gasteiger partial charge < -0.3 is 4.90 Å². The quantitative estimate of drug-likeness (QED) is 0.200. The summed E-state index contributed by atoms with van der Waals surface area (Å²) >= 11 is 1.88. The van der Waals surface area contributed by atoms with E-state index >= 15 is 0 Å². The number of anilines is 3. The van der Waals surface area contributed by atoms with Gasteiger partial charge in [0.05, 0.1) is 5.69 Å². The number of para-hydroxylation sites is 2. The Labute approximate surface area is 255 Å². The van der Waals surface area contributed by atoms with Crippen LogP contribution in [-0.2, 0) is 0 Å². The second-order valence-electron chi connectivity index (χ2n) is 11.0. The van der Waals surface area contributed by atoms with Crippen molar-refractivity contribution in [2.24, 2.45) is 0 Å². The fraction of sp³-hybridized carbons (Fsp3) is 0.0244. The van der Waals surface area contributed by atoms with Crippen LogP contribution in [0.3, 0.4) is 0 Å². The predicted octanol–water partition coefficient (Wildman–Crippen LogP) is 12.3. The summed E-state index contributed by atoms with van der Waals surface area (Å²) in [4.78, 5) is 2.40.